The minimum absolute atomic E-state index is 0.491. The number of thioether (sulfide) groups is 1. The fraction of sp³-hybridized carbons (Fsp3) is 0.647. The molecule has 0 spiro atoms. The molecule has 0 aliphatic heterocycles. The highest BCUT2D eigenvalue weighted by Crippen LogP contribution is 2.42. The van der Waals surface area contributed by atoms with Crippen molar-refractivity contribution in [3.05, 3.63) is 29.3 Å². The van der Waals surface area contributed by atoms with Crippen LogP contribution in [0.2, 0.25) is 0 Å². The topological polar surface area (TPSA) is 12.0 Å². The first-order chi connectivity index (χ1) is 8.91. The summed E-state index contributed by atoms with van der Waals surface area (Å²) >= 11 is 2.06. The van der Waals surface area contributed by atoms with Crippen molar-refractivity contribution < 1.29 is 0 Å². The van der Waals surface area contributed by atoms with E-state index in [1.165, 1.54) is 35.3 Å². The lowest BCUT2D eigenvalue weighted by atomic mass is 9.75. The van der Waals surface area contributed by atoms with Crippen molar-refractivity contribution in [2.75, 3.05) is 7.05 Å². The van der Waals surface area contributed by atoms with Gasteiger partial charge in [-0.2, -0.15) is 0 Å². The Bertz CT molecular complexity index is 439. The van der Waals surface area contributed by atoms with Crippen LogP contribution in [0.15, 0.2) is 23.1 Å². The summed E-state index contributed by atoms with van der Waals surface area (Å²) in [7, 11) is 2.11. The van der Waals surface area contributed by atoms with Crippen LogP contribution in [0.3, 0.4) is 0 Å². The molecular formula is C17H27NS. The zero-order chi connectivity index (χ0) is 14.0. The van der Waals surface area contributed by atoms with Gasteiger partial charge in [0.15, 0.2) is 0 Å². The van der Waals surface area contributed by atoms with Gasteiger partial charge >= 0.3 is 0 Å². The van der Waals surface area contributed by atoms with Crippen molar-refractivity contribution in [1.82, 2.24) is 5.32 Å². The molecule has 1 nitrogen and oxygen atoms in total. The van der Waals surface area contributed by atoms with Crippen molar-refractivity contribution in [1.29, 1.82) is 0 Å². The van der Waals surface area contributed by atoms with Crippen LogP contribution in [0.4, 0.5) is 0 Å². The first-order valence-corrected chi connectivity index (χ1v) is 8.20. The minimum Gasteiger partial charge on any atom is -0.316 e. The van der Waals surface area contributed by atoms with E-state index in [1.54, 1.807) is 0 Å². The highest BCUT2D eigenvalue weighted by atomic mass is 32.2. The molecule has 1 aliphatic carbocycles. The Hall–Kier alpha value is -0.470. The standard InChI is InChI=1S/C17H27NS/c1-12-6-7-14(10-13(12)2)19-16-11-17(3,4)9-8-15(16)18-5/h6-7,10,15-16,18H,8-9,11H2,1-5H3. The third-order valence-corrected chi connectivity index (χ3v) is 5.80. The van der Waals surface area contributed by atoms with E-state index in [2.05, 4.69) is 70.0 Å². The van der Waals surface area contributed by atoms with Crippen molar-refractivity contribution in [2.24, 2.45) is 5.41 Å². The molecule has 106 valence electrons. The van der Waals surface area contributed by atoms with E-state index in [0.717, 1.165) is 0 Å². The van der Waals surface area contributed by atoms with Gasteiger partial charge in [-0.3, -0.25) is 0 Å². The largest absolute Gasteiger partial charge is 0.316 e. The van der Waals surface area contributed by atoms with Gasteiger partial charge < -0.3 is 5.32 Å². The molecular weight excluding hydrogens is 250 g/mol. The predicted molar refractivity (Wildman–Crippen MR) is 86.0 cm³/mol. The second-order valence-electron chi connectivity index (χ2n) is 6.70. The van der Waals surface area contributed by atoms with E-state index in [1.807, 2.05) is 0 Å². The lowest BCUT2D eigenvalue weighted by molar-refractivity contribution is 0.218. The summed E-state index contributed by atoms with van der Waals surface area (Å²) in [5.74, 6) is 0. The molecule has 2 heteroatoms. The van der Waals surface area contributed by atoms with Gasteiger partial charge in [0.1, 0.15) is 0 Å². The second-order valence-corrected chi connectivity index (χ2v) is 8.02. The van der Waals surface area contributed by atoms with Crippen molar-refractivity contribution in [2.45, 2.75) is 63.1 Å². The number of nitrogens with one attached hydrogen (secondary N) is 1. The smallest absolute Gasteiger partial charge is 0.0253 e. The van der Waals surface area contributed by atoms with Crippen molar-refractivity contribution >= 4 is 11.8 Å². The van der Waals surface area contributed by atoms with Gasteiger partial charge in [-0.05, 0) is 68.8 Å². The first-order valence-electron chi connectivity index (χ1n) is 7.32. The van der Waals surface area contributed by atoms with Gasteiger partial charge in [0.25, 0.3) is 0 Å². The zero-order valence-corrected chi connectivity index (χ0v) is 13.7. The molecule has 2 unspecified atom stereocenters. The SMILES string of the molecule is CNC1CCC(C)(C)CC1Sc1ccc(C)c(C)c1. The molecule has 2 rings (SSSR count). The molecule has 1 fully saturated rings. The maximum atomic E-state index is 3.52. The number of aryl methyl sites for hydroxylation is 2. The normalized spacial score (nSPS) is 26.4. The molecule has 0 heterocycles. The minimum atomic E-state index is 0.491. The highest BCUT2D eigenvalue weighted by Gasteiger charge is 2.34. The summed E-state index contributed by atoms with van der Waals surface area (Å²) in [4.78, 5) is 1.42. The van der Waals surface area contributed by atoms with Gasteiger partial charge in [0, 0.05) is 16.2 Å². The van der Waals surface area contributed by atoms with Crippen LogP contribution in [0.1, 0.15) is 44.2 Å². The van der Waals surface area contributed by atoms with Gasteiger partial charge in [0.2, 0.25) is 0 Å². The second kappa shape index (κ2) is 5.88. The summed E-state index contributed by atoms with van der Waals surface area (Å²) < 4.78 is 0. The summed E-state index contributed by atoms with van der Waals surface area (Å²) in [6, 6.07) is 7.52. The van der Waals surface area contributed by atoms with Crippen LogP contribution in [-0.4, -0.2) is 18.3 Å². The molecule has 1 aliphatic rings. The molecule has 0 aromatic heterocycles. The van der Waals surface area contributed by atoms with E-state index in [0.29, 0.717) is 16.7 Å². The molecule has 19 heavy (non-hydrogen) atoms. The van der Waals surface area contributed by atoms with Gasteiger partial charge in [-0.15, -0.1) is 11.8 Å². The van der Waals surface area contributed by atoms with E-state index in [9.17, 15) is 0 Å². The maximum absolute atomic E-state index is 3.52. The summed E-state index contributed by atoms with van der Waals surface area (Å²) in [5, 5.41) is 4.21. The predicted octanol–water partition coefficient (Wildman–Crippen LogP) is 4.56. The Kier molecular flexibility index (Phi) is 4.62. The van der Waals surface area contributed by atoms with Crippen molar-refractivity contribution in [3.8, 4) is 0 Å². The highest BCUT2D eigenvalue weighted by molar-refractivity contribution is 8.00. The molecule has 1 N–H and O–H groups in total. The lowest BCUT2D eigenvalue weighted by Gasteiger charge is -2.40. The Balaban J connectivity index is 2.12. The van der Waals surface area contributed by atoms with Gasteiger partial charge in [0.05, 0.1) is 0 Å². The Morgan fingerprint density at radius 2 is 1.95 bits per heavy atom. The number of benzene rings is 1. The van der Waals surface area contributed by atoms with E-state index < -0.39 is 0 Å². The monoisotopic (exact) mass is 277 g/mol. The molecule has 1 aromatic rings. The molecule has 0 radical (unpaired) electrons. The lowest BCUT2D eigenvalue weighted by Crippen LogP contribution is -2.43. The fourth-order valence-electron chi connectivity index (χ4n) is 2.94. The van der Waals surface area contributed by atoms with E-state index in [-0.39, 0.29) is 0 Å². The van der Waals surface area contributed by atoms with Crippen LogP contribution >= 0.6 is 11.8 Å². The van der Waals surface area contributed by atoms with Crippen LogP contribution in [0, 0.1) is 19.3 Å². The number of rotatable bonds is 3. The Morgan fingerprint density at radius 1 is 1.21 bits per heavy atom. The quantitative estimate of drug-likeness (QED) is 0.869. The van der Waals surface area contributed by atoms with Crippen LogP contribution in [0.25, 0.3) is 0 Å². The average molecular weight is 277 g/mol. The summed E-state index contributed by atoms with van der Waals surface area (Å²) in [5.41, 5.74) is 3.28. The maximum Gasteiger partial charge on any atom is 0.0253 e. The summed E-state index contributed by atoms with van der Waals surface area (Å²) in [6.45, 7) is 9.21. The average Bonchev–Trinajstić information content (AvgIpc) is 2.33. The van der Waals surface area contributed by atoms with Gasteiger partial charge in [-0.1, -0.05) is 19.9 Å². The zero-order valence-electron chi connectivity index (χ0n) is 12.9. The van der Waals surface area contributed by atoms with E-state index >= 15 is 0 Å². The van der Waals surface area contributed by atoms with Crippen LogP contribution in [0.5, 0.6) is 0 Å². The third kappa shape index (κ3) is 3.76. The fourth-order valence-corrected chi connectivity index (χ4v) is 4.65. The molecule has 0 bridgehead atoms. The van der Waals surface area contributed by atoms with Crippen LogP contribution in [-0.2, 0) is 0 Å². The number of hydrogen-bond acceptors (Lipinski definition) is 2. The Morgan fingerprint density at radius 3 is 2.58 bits per heavy atom. The van der Waals surface area contributed by atoms with Gasteiger partial charge in [-0.25, -0.2) is 0 Å². The Labute approximate surface area is 122 Å². The van der Waals surface area contributed by atoms with E-state index in [4.69, 9.17) is 0 Å². The third-order valence-electron chi connectivity index (χ3n) is 4.47. The first kappa shape index (κ1) is 14.9. The van der Waals surface area contributed by atoms with Crippen LogP contribution < -0.4 is 5.32 Å². The summed E-state index contributed by atoms with van der Waals surface area (Å²) in [6.07, 6.45) is 3.94. The molecule has 0 amide bonds. The number of hydrogen-bond donors (Lipinski definition) is 1. The molecule has 1 saturated carbocycles. The van der Waals surface area contributed by atoms with Crippen molar-refractivity contribution in [3.63, 3.8) is 0 Å². The molecule has 1 aromatic carbocycles. The molecule has 2 atom stereocenters. The molecule has 0 saturated heterocycles.